The standard InChI is InChI=1S/C25H20BrN3O3S/c26-24-20-11-4-2-7-17(20)12-13-21(24)32-15-23(31)28-29-25(33)27-22(30)14-18-9-5-8-16-6-1-3-10-19(16)18/h1-13H,14-15H2,(H,28,31)(H2,27,29,30,33). The SMILES string of the molecule is O=C(COc1ccc2ccccc2c1Br)NNC(=S)NC(=O)Cc1cccc2ccccc12. The van der Waals surface area contributed by atoms with Crippen molar-refractivity contribution in [2.24, 2.45) is 0 Å². The summed E-state index contributed by atoms with van der Waals surface area (Å²) in [5, 5.41) is 6.70. The molecule has 0 saturated carbocycles. The van der Waals surface area contributed by atoms with Crippen molar-refractivity contribution < 1.29 is 14.3 Å². The van der Waals surface area contributed by atoms with Crippen molar-refractivity contribution in [3.63, 3.8) is 0 Å². The lowest BCUT2D eigenvalue weighted by atomic mass is 10.0. The first-order valence-electron chi connectivity index (χ1n) is 10.2. The maximum absolute atomic E-state index is 12.4. The molecule has 4 aromatic carbocycles. The van der Waals surface area contributed by atoms with Crippen molar-refractivity contribution in [3.8, 4) is 5.75 Å². The van der Waals surface area contributed by atoms with E-state index in [2.05, 4.69) is 32.1 Å². The number of benzene rings is 4. The molecule has 0 unspecified atom stereocenters. The number of thiocarbonyl (C=S) groups is 1. The molecule has 0 fully saturated rings. The number of hydrazine groups is 1. The Bertz CT molecular complexity index is 1350. The van der Waals surface area contributed by atoms with Crippen LogP contribution in [0.3, 0.4) is 0 Å². The zero-order valence-corrected chi connectivity index (χ0v) is 19.8. The summed E-state index contributed by atoms with van der Waals surface area (Å²) < 4.78 is 6.39. The molecule has 0 heterocycles. The summed E-state index contributed by atoms with van der Waals surface area (Å²) in [5.41, 5.74) is 5.84. The number of ether oxygens (including phenoxy) is 1. The smallest absolute Gasteiger partial charge is 0.276 e. The number of carbonyl (C=O) groups is 2. The lowest BCUT2D eigenvalue weighted by Gasteiger charge is -2.13. The van der Waals surface area contributed by atoms with Gasteiger partial charge < -0.3 is 10.1 Å². The Morgan fingerprint density at radius 1 is 0.788 bits per heavy atom. The lowest BCUT2D eigenvalue weighted by Crippen LogP contribution is -2.50. The van der Waals surface area contributed by atoms with Crippen LogP contribution < -0.4 is 20.9 Å². The van der Waals surface area contributed by atoms with Crippen LogP contribution in [-0.2, 0) is 16.0 Å². The predicted molar refractivity (Wildman–Crippen MR) is 137 cm³/mol. The van der Waals surface area contributed by atoms with Gasteiger partial charge in [0.2, 0.25) is 5.91 Å². The van der Waals surface area contributed by atoms with Crippen LogP contribution in [0.4, 0.5) is 0 Å². The molecule has 4 rings (SSSR count). The van der Waals surface area contributed by atoms with E-state index >= 15 is 0 Å². The van der Waals surface area contributed by atoms with Gasteiger partial charge in [-0.05, 0) is 61.3 Å². The van der Waals surface area contributed by atoms with E-state index in [1.165, 1.54) is 0 Å². The zero-order chi connectivity index (χ0) is 23.2. The van der Waals surface area contributed by atoms with Crippen LogP contribution in [0.15, 0.2) is 83.3 Å². The van der Waals surface area contributed by atoms with Gasteiger partial charge in [0.25, 0.3) is 5.91 Å². The summed E-state index contributed by atoms with van der Waals surface area (Å²) in [5.74, 6) is -0.176. The van der Waals surface area contributed by atoms with Crippen LogP contribution in [0, 0.1) is 0 Å². The Morgan fingerprint density at radius 3 is 2.24 bits per heavy atom. The van der Waals surface area contributed by atoms with E-state index in [-0.39, 0.29) is 24.0 Å². The molecule has 0 aliphatic heterocycles. The molecule has 166 valence electrons. The van der Waals surface area contributed by atoms with Crippen LogP contribution in [0.1, 0.15) is 5.56 Å². The number of fused-ring (bicyclic) bond motifs is 2. The van der Waals surface area contributed by atoms with Gasteiger partial charge in [0.1, 0.15) is 5.75 Å². The number of hydrogen-bond acceptors (Lipinski definition) is 4. The number of halogens is 1. The van der Waals surface area contributed by atoms with Gasteiger partial charge in [0, 0.05) is 0 Å². The van der Waals surface area contributed by atoms with Gasteiger partial charge in [-0.3, -0.25) is 20.4 Å². The largest absolute Gasteiger partial charge is 0.483 e. The van der Waals surface area contributed by atoms with E-state index in [1.54, 1.807) is 6.07 Å². The molecule has 3 N–H and O–H groups in total. The predicted octanol–water partition coefficient (Wildman–Crippen LogP) is 4.40. The molecular formula is C25H20BrN3O3S. The second kappa shape index (κ2) is 10.4. The lowest BCUT2D eigenvalue weighted by molar-refractivity contribution is -0.124. The van der Waals surface area contributed by atoms with Crippen molar-refractivity contribution in [1.82, 2.24) is 16.2 Å². The maximum Gasteiger partial charge on any atom is 0.276 e. The van der Waals surface area contributed by atoms with Crippen LogP contribution in [-0.4, -0.2) is 23.5 Å². The summed E-state index contributed by atoms with van der Waals surface area (Å²) in [4.78, 5) is 24.5. The van der Waals surface area contributed by atoms with Crippen LogP contribution >= 0.6 is 28.1 Å². The van der Waals surface area contributed by atoms with Gasteiger partial charge >= 0.3 is 0 Å². The second-order valence-electron chi connectivity index (χ2n) is 7.25. The van der Waals surface area contributed by atoms with E-state index in [9.17, 15) is 9.59 Å². The molecular weight excluding hydrogens is 502 g/mol. The minimum Gasteiger partial charge on any atom is -0.483 e. The van der Waals surface area contributed by atoms with Crippen molar-refractivity contribution in [2.45, 2.75) is 6.42 Å². The van der Waals surface area contributed by atoms with E-state index in [1.807, 2.05) is 72.8 Å². The van der Waals surface area contributed by atoms with Gasteiger partial charge in [0.05, 0.1) is 10.9 Å². The molecule has 0 spiro atoms. The highest BCUT2D eigenvalue weighted by molar-refractivity contribution is 9.10. The van der Waals surface area contributed by atoms with E-state index in [0.717, 1.165) is 31.6 Å². The van der Waals surface area contributed by atoms with E-state index in [0.29, 0.717) is 5.75 Å². The highest BCUT2D eigenvalue weighted by atomic mass is 79.9. The first-order valence-corrected chi connectivity index (χ1v) is 11.4. The van der Waals surface area contributed by atoms with Crippen molar-refractivity contribution in [2.75, 3.05) is 6.61 Å². The van der Waals surface area contributed by atoms with Crippen LogP contribution in [0.25, 0.3) is 21.5 Å². The fraction of sp³-hybridized carbons (Fsp3) is 0.0800. The molecule has 6 nitrogen and oxygen atoms in total. The molecule has 0 aliphatic rings. The molecule has 0 aromatic heterocycles. The summed E-state index contributed by atoms with van der Waals surface area (Å²) in [7, 11) is 0. The molecule has 8 heteroatoms. The number of rotatable bonds is 5. The molecule has 0 radical (unpaired) electrons. The fourth-order valence-electron chi connectivity index (χ4n) is 3.45. The average molecular weight is 522 g/mol. The second-order valence-corrected chi connectivity index (χ2v) is 8.45. The molecule has 4 aromatic rings. The third-order valence-electron chi connectivity index (χ3n) is 4.99. The first-order chi connectivity index (χ1) is 16.0. The fourth-order valence-corrected chi connectivity index (χ4v) is 4.23. The number of nitrogens with one attached hydrogen (secondary N) is 3. The molecule has 33 heavy (non-hydrogen) atoms. The van der Waals surface area contributed by atoms with Crippen LogP contribution in [0.5, 0.6) is 5.75 Å². The van der Waals surface area contributed by atoms with E-state index < -0.39 is 5.91 Å². The highest BCUT2D eigenvalue weighted by Gasteiger charge is 2.11. The Kier molecular flexibility index (Phi) is 7.16. The summed E-state index contributed by atoms with van der Waals surface area (Å²) in [6.45, 7) is -0.226. The van der Waals surface area contributed by atoms with Crippen LogP contribution in [0.2, 0.25) is 0 Å². The topological polar surface area (TPSA) is 79.5 Å². The Labute approximate surface area is 204 Å². The number of amides is 2. The normalized spacial score (nSPS) is 10.6. The quantitative estimate of drug-likeness (QED) is 0.268. The zero-order valence-electron chi connectivity index (χ0n) is 17.4. The van der Waals surface area contributed by atoms with Gasteiger partial charge in [-0.1, -0.05) is 72.8 Å². The minimum absolute atomic E-state index is 0.000437. The summed E-state index contributed by atoms with van der Waals surface area (Å²) in [6.07, 6.45) is 0.163. The van der Waals surface area contributed by atoms with Gasteiger partial charge in [-0.25, -0.2) is 0 Å². The van der Waals surface area contributed by atoms with Gasteiger partial charge in [-0.15, -0.1) is 0 Å². The third kappa shape index (κ3) is 5.66. The molecule has 2 amide bonds. The molecule has 0 atom stereocenters. The van der Waals surface area contributed by atoms with Gasteiger partial charge in [-0.2, -0.15) is 0 Å². The van der Waals surface area contributed by atoms with Crippen molar-refractivity contribution >= 4 is 66.6 Å². The number of hydrogen-bond donors (Lipinski definition) is 3. The molecule has 0 bridgehead atoms. The maximum atomic E-state index is 12.4. The third-order valence-corrected chi connectivity index (χ3v) is 6.01. The molecule has 0 aliphatic carbocycles. The first kappa shape index (κ1) is 22.7. The monoisotopic (exact) mass is 521 g/mol. The average Bonchev–Trinajstić information content (AvgIpc) is 2.82. The number of carbonyl (C=O) groups excluding carboxylic acids is 2. The summed E-state index contributed by atoms with van der Waals surface area (Å²) >= 11 is 8.63. The molecule has 0 saturated heterocycles. The minimum atomic E-state index is -0.444. The Morgan fingerprint density at radius 2 is 1.45 bits per heavy atom. The highest BCUT2D eigenvalue weighted by Crippen LogP contribution is 2.32. The van der Waals surface area contributed by atoms with Crippen molar-refractivity contribution in [3.05, 3.63) is 88.9 Å². The summed E-state index contributed by atoms with van der Waals surface area (Å²) in [6, 6.07) is 25.2. The van der Waals surface area contributed by atoms with Gasteiger partial charge in [0.15, 0.2) is 11.7 Å². The Hall–Kier alpha value is -3.49. The van der Waals surface area contributed by atoms with E-state index in [4.69, 9.17) is 17.0 Å². The van der Waals surface area contributed by atoms with Crippen molar-refractivity contribution in [1.29, 1.82) is 0 Å². The Balaban J connectivity index is 1.25.